The number of halogens is 8. The molecule has 2 aromatic rings. The molecule has 1 saturated heterocycles. The number of carbonyl (C=O) groups is 2. The van der Waals surface area contributed by atoms with Crippen LogP contribution in [0, 0.1) is 5.92 Å². The van der Waals surface area contributed by atoms with E-state index in [0.717, 1.165) is 24.3 Å². The number of anilines is 1. The first-order valence-corrected chi connectivity index (χ1v) is 11.0. The molecule has 1 aliphatic heterocycles. The predicted octanol–water partition coefficient (Wildman–Crippen LogP) is 6.45. The maximum atomic E-state index is 14.2. The Morgan fingerprint density at radius 2 is 1.69 bits per heavy atom. The smallest absolute Gasteiger partial charge is 0.426 e. The van der Waals surface area contributed by atoms with Crippen LogP contribution in [-0.4, -0.2) is 24.7 Å². The van der Waals surface area contributed by atoms with E-state index in [1.54, 1.807) is 0 Å². The van der Waals surface area contributed by atoms with Crippen LogP contribution in [0.3, 0.4) is 0 Å². The van der Waals surface area contributed by atoms with Crippen molar-refractivity contribution in [2.75, 3.05) is 11.4 Å². The van der Waals surface area contributed by atoms with Crippen molar-refractivity contribution in [2.45, 2.75) is 37.3 Å². The normalized spacial score (nSPS) is 20.7. The first-order valence-electron chi connectivity index (χ1n) is 10.2. The van der Waals surface area contributed by atoms with Gasteiger partial charge in [-0.15, -0.1) is 0 Å². The Kier molecular flexibility index (Phi) is 6.38. The van der Waals surface area contributed by atoms with Gasteiger partial charge in [-0.25, -0.2) is 4.79 Å². The minimum atomic E-state index is -5.15. The largest absolute Gasteiger partial charge is 0.434 e. The van der Waals surface area contributed by atoms with Crippen molar-refractivity contribution in [3.05, 3.63) is 63.1 Å². The minimum absolute atomic E-state index is 0.150. The average molecular weight is 541 g/mol. The Bertz CT molecular complexity index is 1160. The number of rotatable bonds is 5. The van der Waals surface area contributed by atoms with Crippen LogP contribution in [-0.2, 0) is 27.9 Å². The third-order valence-corrected chi connectivity index (χ3v) is 6.20. The van der Waals surface area contributed by atoms with Gasteiger partial charge in [-0.05, 0) is 48.7 Å². The van der Waals surface area contributed by atoms with Crippen molar-refractivity contribution in [3.63, 3.8) is 0 Å². The van der Waals surface area contributed by atoms with Crippen LogP contribution in [0.1, 0.15) is 29.5 Å². The van der Waals surface area contributed by atoms with Gasteiger partial charge in [0.2, 0.25) is 5.91 Å². The van der Waals surface area contributed by atoms with E-state index in [-0.39, 0.29) is 27.4 Å². The quantitative estimate of drug-likeness (QED) is 0.443. The van der Waals surface area contributed by atoms with Crippen LogP contribution in [0.5, 0.6) is 0 Å². The molecule has 0 radical (unpaired) electrons. The number of cyclic esters (lactones) is 1. The van der Waals surface area contributed by atoms with E-state index in [0.29, 0.717) is 23.8 Å². The molecule has 188 valence electrons. The zero-order chi connectivity index (χ0) is 25.8. The van der Waals surface area contributed by atoms with Crippen LogP contribution in [0.4, 0.5) is 36.8 Å². The van der Waals surface area contributed by atoms with Crippen molar-refractivity contribution >= 4 is 40.9 Å². The van der Waals surface area contributed by atoms with Crippen LogP contribution >= 0.6 is 23.2 Å². The number of hydrogen-bond acceptors (Lipinski definition) is 3. The monoisotopic (exact) mass is 540 g/mol. The lowest BCUT2D eigenvalue weighted by molar-refractivity contribution is -0.250. The maximum Gasteiger partial charge on any atom is 0.434 e. The summed E-state index contributed by atoms with van der Waals surface area (Å²) in [6.07, 6.45) is -10.2. The second kappa shape index (κ2) is 8.77. The summed E-state index contributed by atoms with van der Waals surface area (Å²) in [7, 11) is 0. The molecular weight excluding hydrogens is 525 g/mol. The third kappa shape index (κ3) is 5.02. The van der Waals surface area contributed by atoms with E-state index in [1.807, 2.05) is 0 Å². The molecule has 2 aromatic carbocycles. The summed E-state index contributed by atoms with van der Waals surface area (Å²) in [6.45, 7) is -1.59. The molecule has 0 bridgehead atoms. The molecule has 35 heavy (non-hydrogen) atoms. The summed E-state index contributed by atoms with van der Waals surface area (Å²) in [5, 5.41) is 2.12. The number of nitrogens with one attached hydrogen (secondary N) is 1. The van der Waals surface area contributed by atoms with Crippen LogP contribution < -0.4 is 10.2 Å². The van der Waals surface area contributed by atoms with Gasteiger partial charge in [0.25, 0.3) is 5.60 Å². The number of ether oxygens (including phenoxy) is 1. The van der Waals surface area contributed by atoms with Gasteiger partial charge in [-0.2, -0.15) is 26.3 Å². The molecular formula is C22H16Cl2F6N2O3. The third-order valence-electron chi connectivity index (χ3n) is 5.76. The Morgan fingerprint density at radius 1 is 1.06 bits per heavy atom. The highest BCUT2D eigenvalue weighted by Crippen LogP contribution is 2.49. The summed E-state index contributed by atoms with van der Waals surface area (Å²) in [5.41, 5.74) is -5.75. The van der Waals surface area contributed by atoms with E-state index in [1.165, 1.54) is 6.07 Å². The van der Waals surface area contributed by atoms with Gasteiger partial charge >= 0.3 is 18.4 Å². The molecule has 13 heteroatoms. The number of hydrogen-bond donors (Lipinski definition) is 1. The van der Waals surface area contributed by atoms with Crippen molar-refractivity contribution in [1.82, 2.24) is 5.32 Å². The molecule has 0 aromatic heterocycles. The highest BCUT2D eigenvalue weighted by molar-refractivity contribution is 6.34. The Labute approximate surface area is 204 Å². The molecule has 1 heterocycles. The van der Waals surface area contributed by atoms with Gasteiger partial charge < -0.3 is 10.1 Å². The molecule has 5 nitrogen and oxygen atoms in total. The van der Waals surface area contributed by atoms with E-state index in [4.69, 9.17) is 27.9 Å². The molecule has 1 atom stereocenters. The van der Waals surface area contributed by atoms with Gasteiger partial charge in [-0.3, -0.25) is 9.69 Å². The Morgan fingerprint density at radius 3 is 2.23 bits per heavy atom. The average Bonchev–Trinajstić information content (AvgIpc) is 3.52. The standard InChI is InChI=1S/C22H16Cl2F6N2O3/c23-14-5-13(6-15(24)7-14)20(22(28,29)30)10-32(19(34)35-20)16-4-3-12(17(8-16)21(25,26)27)9-31-18(33)11-1-2-11/h3-8,11H,1-2,9-10H2,(H,31,33). The summed E-state index contributed by atoms with van der Waals surface area (Å²) in [4.78, 5) is 24.8. The summed E-state index contributed by atoms with van der Waals surface area (Å²) in [5.74, 6) is -0.598. The Hall–Kier alpha value is -2.66. The van der Waals surface area contributed by atoms with E-state index in [2.05, 4.69) is 5.32 Å². The maximum absolute atomic E-state index is 14.2. The second-order valence-corrected chi connectivity index (χ2v) is 9.14. The molecule has 1 aliphatic carbocycles. The number of alkyl halides is 6. The molecule has 0 spiro atoms. The number of amides is 2. The van der Waals surface area contributed by atoms with Gasteiger partial charge in [-0.1, -0.05) is 29.3 Å². The molecule has 1 unspecified atom stereocenters. The molecule has 1 saturated carbocycles. The van der Waals surface area contributed by atoms with Gasteiger partial charge in [0.05, 0.1) is 12.1 Å². The SMILES string of the molecule is O=C(NCc1ccc(N2CC(c3cc(Cl)cc(Cl)c3)(C(F)(F)F)OC2=O)cc1C(F)(F)F)C1CC1. The first kappa shape index (κ1) is 25.4. The zero-order valence-corrected chi connectivity index (χ0v) is 19.1. The van der Waals surface area contributed by atoms with Crippen LogP contribution in [0.2, 0.25) is 10.0 Å². The highest BCUT2D eigenvalue weighted by Gasteiger charge is 2.65. The van der Waals surface area contributed by atoms with E-state index in [9.17, 15) is 35.9 Å². The summed E-state index contributed by atoms with van der Waals surface area (Å²) >= 11 is 11.7. The van der Waals surface area contributed by atoms with Gasteiger partial charge in [0.1, 0.15) is 0 Å². The number of benzene rings is 2. The fourth-order valence-corrected chi connectivity index (χ4v) is 4.32. The molecule has 4 rings (SSSR count). The van der Waals surface area contributed by atoms with Gasteiger partial charge in [0, 0.05) is 33.8 Å². The van der Waals surface area contributed by atoms with Crippen molar-refractivity contribution in [3.8, 4) is 0 Å². The summed E-state index contributed by atoms with van der Waals surface area (Å²) < 4.78 is 88.6. The molecule has 1 N–H and O–H groups in total. The van der Waals surface area contributed by atoms with Crippen LogP contribution in [0.25, 0.3) is 0 Å². The zero-order valence-electron chi connectivity index (χ0n) is 17.6. The molecule has 2 amide bonds. The van der Waals surface area contributed by atoms with E-state index < -0.39 is 54.0 Å². The van der Waals surface area contributed by atoms with Crippen molar-refractivity contribution in [1.29, 1.82) is 0 Å². The first-order chi connectivity index (χ1) is 16.2. The lowest BCUT2D eigenvalue weighted by Crippen LogP contribution is -2.46. The fraction of sp³-hybridized carbons (Fsp3) is 0.364. The molecule has 2 fully saturated rings. The van der Waals surface area contributed by atoms with Crippen molar-refractivity contribution in [2.24, 2.45) is 5.92 Å². The highest BCUT2D eigenvalue weighted by atomic mass is 35.5. The fourth-order valence-electron chi connectivity index (χ4n) is 3.79. The topological polar surface area (TPSA) is 58.6 Å². The minimum Gasteiger partial charge on any atom is -0.426 e. The number of carbonyl (C=O) groups excluding carboxylic acids is 2. The second-order valence-electron chi connectivity index (χ2n) is 8.27. The lowest BCUT2D eigenvalue weighted by Gasteiger charge is -2.30. The van der Waals surface area contributed by atoms with E-state index >= 15 is 0 Å². The Balaban J connectivity index is 1.70. The number of nitrogens with zero attached hydrogens (tertiary/aromatic N) is 1. The lowest BCUT2D eigenvalue weighted by atomic mass is 9.92. The summed E-state index contributed by atoms with van der Waals surface area (Å²) in [6, 6.07) is 5.64. The van der Waals surface area contributed by atoms with Crippen molar-refractivity contribution < 1.29 is 40.7 Å². The van der Waals surface area contributed by atoms with Gasteiger partial charge in [0.15, 0.2) is 0 Å². The van der Waals surface area contributed by atoms with Crippen LogP contribution in [0.15, 0.2) is 36.4 Å². The predicted molar refractivity (Wildman–Crippen MR) is 114 cm³/mol. The molecule has 2 aliphatic rings.